The van der Waals surface area contributed by atoms with E-state index in [0.717, 1.165) is 22.9 Å². The van der Waals surface area contributed by atoms with E-state index in [-0.39, 0.29) is 23.7 Å². The number of benzene rings is 2. The van der Waals surface area contributed by atoms with Crippen LogP contribution in [0.5, 0.6) is 5.75 Å². The lowest BCUT2D eigenvalue weighted by Crippen LogP contribution is -2.46. The van der Waals surface area contributed by atoms with Crippen LogP contribution in [0.3, 0.4) is 0 Å². The number of ether oxygens (including phenoxy) is 1. The van der Waals surface area contributed by atoms with Crippen LogP contribution < -0.4 is 15.4 Å². The molecule has 6 nitrogen and oxygen atoms in total. The van der Waals surface area contributed by atoms with E-state index in [1.807, 2.05) is 18.2 Å². The lowest BCUT2D eigenvalue weighted by atomic mass is 9.93. The lowest BCUT2D eigenvalue weighted by molar-refractivity contribution is 0.0971. The van der Waals surface area contributed by atoms with Gasteiger partial charge in [-0.25, -0.2) is 4.39 Å². The number of halogens is 2. The Hall–Kier alpha value is -2.45. The molecule has 0 aromatic heterocycles. The summed E-state index contributed by atoms with van der Waals surface area (Å²) >= 11 is 3.44. The van der Waals surface area contributed by atoms with Gasteiger partial charge in [-0.05, 0) is 74.4 Å². The number of rotatable bonds is 6. The normalized spacial score (nSPS) is 18.3. The number of hydrogen-bond donors (Lipinski definition) is 4. The number of aryl methyl sites for hydroxylation is 1. The van der Waals surface area contributed by atoms with Gasteiger partial charge in [0, 0.05) is 21.6 Å². The first-order valence-electron chi connectivity index (χ1n) is 10.3. The summed E-state index contributed by atoms with van der Waals surface area (Å²) in [6.45, 7) is 0. The molecule has 0 bridgehead atoms. The van der Waals surface area contributed by atoms with E-state index in [0.29, 0.717) is 37.0 Å². The van der Waals surface area contributed by atoms with E-state index in [2.05, 4.69) is 26.6 Å². The van der Waals surface area contributed by atoms with E-state index in [4.69, 9.17) is 10.1 Å². The van der Waals surface area contributed by atoms with Crippen LogP contribution in [0.25, 0.3) is 0 Å². The molecule has 0 radical (unpaired) electrons. The quantitative estimate of drug-likeness (QED) is 0.363. The molecule has 1 amide bonds. The first kappa shape index (κ1) is 23.2. The van der Waals surface area contributed by atoms with Crippen LogP contribution in [0, 0.1) is 11.2 Å². The zero-order valence-corrected chi connectivity index (χ0v) is 19.0. The molecule has 31 heavy (non-hydrogen) atoms. The van der Waals surface area contributed by atoms with Crippen molar-refractivity contribution < 1.29 is 19.0 Å². The molecule has 3 rings (SSSR count). The number of nitrogens with one attached hydrogen (secondary N) is 3. The van der Waals surface area contributed by atoms with Gasteiger partial charge in [0.1, 0.15) is 11.6 Å². The van der Waals surface area contributed by atoms with Gasteiger partial charge in [0.25, 0.3) is 5.91 Å². The molecule has 0 spiro atoms. The van der Waals surface area contributed by atoms with Crippen LogP contribution in [0.4, 0.5) is 4.39 Å². The third-order valence-electron chi connectivity index (χ3n) is 5.53. The van der Waals surface area contributed by atoms with E-state index in [1.165, 1.54) is 12.1 Å². The fourth-order valence-electron chi connectivity index (χ4n) is 3.87. The van der Waals surface area contributed by atoms with Crippen LogP contribution in [-0.2, 0) is 12.8 Å². The van der Waals surface area contributed by atoms with Crippen molar-refractivity contribution in [1.29, 1.82) is 5.41 Å². The van der Waals surface area contributed by atoms with Crippen molar-refractivity contribution in [2.45, 2.75) is 50.7 Å². The van der Waals surface area contributed by atoms with Gasteiger partial charge in [-0.2, -0.15) is 0 Å². The highest BCUT2D eigenvalue weighted by molar-refractivity contribution is 9.10. The third-order valence-corrected chi connectivity index (χ3v) is 6.03. The Morgan fingerprint density at radius 1 is 1.23 bits per heavy atom. The molecule has 0 saturated heterocycles. The number of aliphatic hydroxyl groups is 1. The summed E-state index contributed by atoms with van der Waals surface area (Å²) in [5.41, 5.74) is 1.41. The molecular formula is C23H27BrFN3O3. The summed E-state index contributed by atoms with van der Waals surface area (Å²) in [4.78, 5) is 12.8. The Kier molecular flexibility index (Phi) is 8.03. The Bertz CT molecular complexity index is 946. The summed E-state index contributed by atoms with van der Waals surface area (Å²) in [6.07, 6.45) is 3.32. The van der Waals surface area contributed by atoms with E-state index in [1.54, 1.807) is 13.2 Å². The first-order valence-corrected chi connectivity index (χ1v) is 11.1. The minimum Gasteiger partial charge on any atom is -0.496 e. The topological polar surface area (TPSA) is 94.4 Å². The molecule has 8 heteroatoms. The second-order valence-electron chi connectivity index (χ2n) is 7.70. The maximum Gasteiger partial charge on any atom is 0.258 e. The predicted molar refractivity (Wildman–Crippen MR) is 121 cm³/mol. The molecule has 0 unspecified atom stereocenters. The second kappa shape index (κ2) is 10.7. The maximum atomic E-state index is 14.6. The lowest BCUT2D eigenvalue weighted by Gasteiger charge is -2.27. The van der Waals surface area contributed by atoms with E-state index in [9.17, 15) is 14.3 Å². The van der Waals surface area contributed by atoms with Gasteiger partial charge in [0.2, 0.25) is 0 Å². The minimum atomic E-state index is -0.524. The van der Waals surface area contributed by atoms with E-state index >= 15 is 0 Å². The molecule has 166 valence electrons. The number of methoxy groups -OCH3 is 1. The average molecular weight is 492 g/mol. The molecular weight excluding hydrogens is 465 g/mol. The van der Waals surface area contributed by atoms with Gasteiger partial charge in [0.05, 0.1) is 13.2 Å². The standard InChI is InChI=1S/C23H27BrFN3O3/c1-31-21-12-6-15(24)13-14(21)5-11-18-19(3-2-4-20(18)25)22(30)28-23(26)27-16-7-9-17(29)10-8-16/h2-4,6,12-13,16-17,29H,5,7-11H2,1H3,(H3,26,27,28,30)/t16-,17-. The van der Waals surface area contributed by atoms with Crippen LogP contribution in [0.15, 0.2) is 40.9 Å². The number of guanidine groups is 1. The summed E-state index contributed by atoms with van der Waals surface area (Å²) in [5.74, 6) is -0.393. The molecule has 0 heterocycles. The molecule has 1 aliphatic rings. The fraction of sp³-hybridized carbons (Fsp3) is 0.391. The highest BCUT2D eigenvalue weighted by Gasteiger charge is 2.21. The molecule has 4 N–H and O–H groups in total. The van der Waals surface area contributed by atoms with Gasteiger partial charge in [0.15, 0.2) is 5.96 Å². The fourth-order valence-corrected chi connectivity index (χ4v) is 4.28. The molecule has 0 atom stereocenters. The van der Waals surface area contributed by atoms with Crippen LogP contribution in [-0.4, -0.2) is 36.2 Å². The van der Waals surface area contributed by atoms with Crippen molar-refractivity contribution in [1.82, 2.24) is 10.6 Å². The van der Waals surface area contributed by atoms with E-state index < -0.39 is 11.7 Å². The predicted octanol–water partition coefficient (Wildman–Crippen LogP) is 3.94. The molecule has 2 aromatic rings. The Morgan fingerprint density at radius 3 is 2.68 bits per heavy atom. The Balaban J connectivity index is 1.68. The van der Waals surface area contributed by atoms with Gasteiger partial charge in [-0.1, -0.05) is 22.0 Å². The van der Waals surface area contributed by atoms with Crippen molar-refractivity contribution in [3.05, 3.63) is 63.4 Å². The van der Waals surface area contributed by atoms with Crippen molar-refractivity contribution in [2.24, 2.45) is 0 Å². The summed E-state index contributed by atoms with van der Waals surface area (Å²) in [7, 11) is 1.58. The van der Waals surface area contributed by atoms with Gasteiger partial charge in [-0.3, -0.25) is 15.5 Å². The average Bonchev–Trinajstić information content (AvgIpc) is 2.74. The maximum absolute atomic E-state index is 14.6. The molecule has 1 aliphatic carbocycles. The zero-order valence-electron chi connectivity index (χ0n) is 17.4. The summed E-state index contributed by atoms with van der Waals surface area (Å²) in [6, 6.07) is 10.1. The van der Waals surface area contributed by atoms with Gasteiger partial charge < -0.3 is 15.2 Å². The molecule has 1 fully saturated rings. The SMILES string of the molecule is COc1ccc(Br)cc1CCc1c(F)cccc1C(=O)NC(=N)N[C@H]1CC[C@H](O)CC1. The monoisotopic (exact) mass is 491 g/mol. The summed E-state index contributed by atoms with van der Waals surface area (Å²) < 4.78 is 20.9. The number of aliphatic hydroxyl groups excluding tert-OH is 1. The van der Waals surface area contributed by atoms with Crippen LogP contribution in [0.1, 0.15) is 47.2 Å². The molecule has 2 aromatic carbocycles. The van der Waals surface area contributed by atoms with Gasteiger partial charge in [-0.15, -0.1) is 0 Å². The van der Waals surface area contributed by atoms with Crippen LogP contribution in [0.2, 0.25) is 0 Å². The van der Waals surface area contributed by atoms with Crippen molar-refractivity contribution in [2.75, 3.05) is 7.11 Å². The highest BCUT2D eigenvalue weighted by atomic mass is 79.9. The Morgan fingerprint density at radius 2 is 1.97 bits per heavy atom. The molecule has 1 saturated carbocycles. The first-order chi connectivity index (χ1) is 14.9. The summed E-state index contributed by atoms with van der Waals surface area (Å²) in [5, 5.41) is 23.2. The number of amides is 1. The smallest absolute Gasteiger partial charge is 0.258 e. The zero-order chi connectivity index (χ0) is 22.4. The third kappa shape index (κ3) is 6.27. The molecule has 0 aliphatic heterocycles. The minimum absolute atomic E-state index is 0.0344. The highest BCUT2D eigenvalue weighted by Crippen LogP contribution is 2.26. The number of carbonyl (C=O) groups excluding carboxylic acids is 1. The van der Waals surface area contributed by atoms with Crippen molar-refractivity contribution in [3.8, 4) is 5.75 Å². The number of hydrogen-bond acceptors (Lipinski definition) is 4. The Labute approximate surface area is 189 Å². The number of carbonyl (C=O) groups is 1. The largest absolute Gasteiger partial charge is 0.496 e. The van der Waals surface area contributed by atoms with Crippen molar-refractivity contribution >= 4 is 27.8 Å². The van der Waals surface area contributed by atoms with Gasteiger partial charge >= 0.3 is 0 Å². The second-order valence-corrected chi connectivity index (χ2v) is 8.62. The van der Waals surface area contributed by atoms with Crippen molar-refractivity contribution in [3.63, 3.8) is 0 Å². The van der Waals surface area contributed by atoms with Crippen LogP contribution >= 0.6 is 15.9 Å².